The number of aliphatic hydroxyl groups excluding tert-OH is 2. The normalized spacial score (nSPS) is 10.1. The second-order valence-electron chi connectivity index (χ2n) is 4.06. The molecule has 1 aromatic carbocycles. The Labute approximate surface area is 111 Å². The standard InChI is InChI=1S/C13H18N2O4/c1-10-2-4-11(5-3-10)14-12(18)13(19)15(6-8-16)7-9-17/h2-5,16-17H,6-9H2,1H3,(H,14,18). The average molecular weight is 266 g/mol. The van der Waals surface area contributed by atoms with Crippen LogP contribution in [0.2, 0.25) is 0 Å². The minimum Gasteiger partial charge on any atom is -0.395 e. The van der Waals surface area contributed by atoms with E-state index in [1.807, 2.05) is 19.1 Å². The van der Waals surface area contributed by atoms with Gasteiger partial charge in [-0.1, -0.05) is 17.7 Å². The molecule has 0 unspecified atom stereocenters. The Bertz CT molecular complexity index is 425. The van der Waals surface area contributed by atoms with Crippen molar-refractivity contribution < 1.29 is 19.8 Å². The van der Waals surface area contributed by atoms with Crippen LogP contribution in [0.25, 0.3) is 0 Å². The summed E-state index contributed by atoms with van der Waals surface area (Å²) < 4.78 is 0. The highest BCUT2D eigenvalue weighted by molar-refractivity contribution is 6.39. The average Bonchev–Trinajstić information content (AvgIpc) is 2.40. The van der Waals surface area contributed by atoms with E-state index in [2.05, 4.69) is 5.32 Å². The fourth-order valence-electron chi connectivity index (χ4n) is 1.52. The molecule has 0 radical (unpaired) electrons. The van der Waals surface area contributed by atoms with Crippen LogP contribution in [-0.4, -0.2) is 53.2 Å². The van der Waals surface area contributed by atoms with Crippen LogP contribution in [-0.2, 0) is 9.59 Å². The predicted octanol–water partition coefficient (Wildman–Crippen LogP) is -0.253. The van der Waals surface area contributed by atoms with Crippen molar-refractivity contribution in [3.05, 3.63) is 29.8 Å². The summed E-state index contributed by atoms with van der Waals surface area (Å²) in [5.74, 6) is -1.56. The van der Waals surface area contributed by atoms with Crippen molar-refractivity contribution >= 4 is 17.5 Å². The van der Waals surface area contributed by atoms with Gasteiger partial charge in [0.15, 0.2) is 0 Å². The minimum atomic E-state index is -0.786. The van der Waals surface area contributed by atoms with Gasteiger partial charge in [-0.25, -0.2) is 0 Å². The molecule has 0 aliphatic carbocycles. The number of hydrogen-bond acceptors (Lipinski definition) is 4. The maximum atomic E-state index is 11.8. The molecule has 19 heavy (non-hydrogen) atoms. The van der Waals surface area contributed by atoms with Gasteiger partial charge < -0.3 is 20.4 Å². The maximum absolute atomic E-state index is 11.8. The van der Waals surface area contributed by atoms with Crippen LogP contribution in [0.5, 0.6) is 0 Å². The van der Waals surface area contributed by atoms with Gasteiger partial charge in [-0.15, -0.1) is 0 Å². The summed E-state index contributed by atoms with van der Waals surface area (Å²) in [6, 6.07) is 7.03. The van der Waals surface area contributed by atoms with Crippen molar-refractivity contribution in [1.82, 2.24) is 4.90 Å². The molecule has 104 valence electrons. The van der Waals surface area contributed by atoms with Crippen LogP contribution in [0.3, 0.4) is 0 Å². The molecule has 0 fully saturated rings. The van der Waals surface area contributed by atoms with Crippen molar-refractivity contribution in [1.29, 1.82) is 0 Å². The van der Waals surface area contributed by atoms with Crippen LogP contribution in [0.4, 0.5) is 5.69 Å². The molecule has 0 aliphatic heterocycles. The fraction of sp³-hybridized carbons (Fsp3) is 0.385. The molecular formula is C13H18N2O4. The molecular weight excluding hydrogens is 248 g/mol. The van der Waals surface area contributed by atoms with E-state index in [9.17, 15) is 9.59 Å². The lowest BCUT2D eigenvalue weighted by molar-refractivity contribution is -0.143. The van der Waals surface area contributed by atoms with E-state index in [-0.39, 0.29) is 26.3 Å². The Kier molecular flexibility index (Phi) is 5.98. The van der Waals surface area contributed by atoms with Crippen LogP contribution in [0.15, 0.2) is 24.3 Å². The van der Waals surface area contributed by atoms with Crippen molar-refractivity contribution in [2.24, 2.45) is 0 Å². The molecule has 0 spiro atoms. The molecule has 1 aromatic rings. The van der Waals surface area contributed by atoms with E-state index < -0.39 is 11.8 Å². The van der Waals surface area contributed by atoms with Gasteiger partial charge in [-0.2, -0.15) is 0 Å². The lowest BCUT2D eigenvalue weighted by Crippen LogP contribution is -2.42. The van der Waals surface area contributed by atoms with E-state index >= 15 is 0 Å². The van der Waals surface area contributed by atoms with E-state index in [1.54, 1.807) is 12.1 Å². The summed E-state index contributed by atoms with van der Waals surface area (Å²) in [4.78, 5) is 24.6. The van der Waals surface area contributed by atoms with E-state index in [0.29, 0.717) is 5.69 Å². The second kappa shape index (κ2) is 7.50. The Balaban J connectivity index is 2.65. The van der Waals surface area contributed by atoms with E-state index in [0.717, 1.165) is 10.5 Å². The monoisotopic (exact) mass is 266 g/mol. The lowest BCUT2D eigenvalue weighted by Gasteiger charge is -2.19. The number of aliphatic hydroxyl groups is 2. The van der Waals surface area contributed by atoms with Gasteiger partial charge in [0.25, 0.3) is 0 Å². The largest absolute Gasteiger partial charge is 0.395 e. The van der Waals surface area contributed by atoms with Gasteiger partial charge in [-0.3, -0.25) is 9.59 Å². The highest BCUT2D eigenvalue weighted by atomic mass is 16.3. The first-order valence-corrected chi connectivity index (χ1v) is 5.97. The Morgan fingerprint density at radius 1 is 1.11 bits per heavy atom. The van der Waals surface area contributed by atoms with Crippen LogP contribution in [0, 0.1) is 6.92 Å². The third kappa shape index (κ3) is 4.69. The zero-order chi connectivity index (χ0) is 14.3. The summed E-state index contributed by atoms with van der Waals surface area (Å²) in [5, 5.41) is 20.1. The Morgan fingerprint density at radius 2 is 1.63 bits per heavy atom. The first kappa shape index (κ1) is 15.1. The number of aryl methyl sites for hydroxylation is 1. The maximum Gasteiger partial charge on any atom is 0.313 e. The molecule has 2 amide bonds. The highest BCUT2D eigenvalue weighted by Gasteiger charge is 2.20. The smallest absolute Gasteiger partial charge is 0.313 e. The van der Waals surface area contributed by atoms with Crippen LogP contribution < -0.4 is 5.32 Å². The molecule has 0 bridgehead atoms. The fourth-order valence-corrected chi connectivity index (χ4v) is 1.52. The van der Waals surface area contributed by atoms with Crippen molar-refractivity contribution in [3.63, 3.8) is 0 Å². The molecule has 6 nitrogen and oxygen atoms in total. The SMILES string of the molecule is Cc1ccc(NC(=O)C(=O)N(CCO)CCO)cc1. The van der Waals surface area contributed by atoms with Gasteiger partial charge in [-0.05, 0) is 19.1 Å². The third-order valence-electron chi connectivity index (χ3n) is 2.53. The van der Waals surface area contributed by atoms with E-state index in [1.165, 1.54) is 0 Å². The van der Waals surface area contributed by atoms with Crippen LogP contribution in [0.1, 0.15) is 5.56 Å². The number of hydrogen-bond donors (Lipinski definition) is 3. The number of nitrogens with one attached hydrogen (secondary N) is 1. The Hall–Kier alpha value is -1.92. The van der Waals surface area contributed by atoms with Crippen molar-refractivity contribution in [2.45, 2.75) is 6.92 Å². The van der Waals surface area contributed by atoms with Crippen molar-refractivity contribution in [3.8, 4) is 0 Å². The van der Waals surface area contributed by atoms with Gasteiger partial charge in [0.2, 0.25) is 0 Å². The molecule has 0 aromatic heterocycles. The molecule has 0 heterocycles. The summed E-state index contributed by atoms with van der Waals surface area (Å²) in [7, 11) is 0. The second-order valence-corrected chi connectivity index (χ2v) is 4.06. The number of anilines is 1. The zero-order valence-electron chi connectivity index (χ0n) is 10.8. The first-order chi connectivity index (χ1) is 9.08. The lowest BCUT2D eigenvalue weighted by atomic mass is 10.2. The summed E-state index contributed by atoms with van der Waals surface area (Å²) in [5.41, 5.74) is 1.57. The highest BCUT2D eigenvalue weighted by Crippen LogP contribution is 2.08. The number of carbonyl (C=O) groups excluding carboxylic acids is 2. The van der Waals surface area contributed by atoms with E-state index in [4.69, 9.17) is 10.2 Å². The summed E-state index contributed by atoms with van der Waals surface area (Å²) in [6.07, 6.45) is 0. The molecule has 0 saturated heterocycles. The Morgan fingerprint density at radius 3 is 2.11 bits per heavy atom. The topological polar surface area (TPSA) is 89.9 Å². The minimum absolute atomic E-state index is 0.0146. The summed E-state index contributed by atoms with van der Waals surface area (Å²) >= 11 is 0. The van der Waals surface area contributed by atoms with Gasteiger partial charge in [0.05, 0.1) is 13.2 Å². The van der Waals surface area contributed by atoms with Gasteiger partial charge >= 0.3 is 11.8 Å². The number of nitrogens with zero attached hydrogens (tertiary/aromatic N) is 1. The number of benzene rings is 1. The quantitative estimate of drug-likeness (QED) is 0.641. The number of rotatable bonds is 5. The number of amides is 2. The molecule has 1 rings (SSSR count). The van der Waals surface area contributed by atoms with Gasteiger partial charge in [0.1, 0.15) is 0 Å². The zero-order valence-corrected chi connectivity index (χ0v) is 10.8. The van der Waals surface area contributed by atoms with Crippen LogP contribution >= 0.6 is 0 Å². The summed E-state index contributed by atoms with van der Waals surface area (Å²) in [6.45, 7) is 1.43. The molecule has 0 aliphatic rings. The van der Waals surface area contributed by atoms with Crippen molar-refractivity contribution in [2.75, 3.05) is 31.6 Å². The molecule has 3 N–H and O–H groups in total. The molecule has 0 saturated carbocycles. The third-order valence-corrected chi connectivity index (χ3v) is 2.53. The predicted molar refractivity (Wildman–Crippen MR) is 70.6 cm³/mol. The molecule has 0 atom stereocenters. The first-order valence-electron chi connectivity index (χ1n) is 5.97. The van der Waals surface area contributed by atoms with Gasteiger partial charge in [0, 0.05) is 18.8 Å². The molecule has 6 heteroatoms. The number of carbonyl (C=O) groups is 2.